The summed E-state index contributed by atoms with van der Waals surface area (Å²) in [6.07, 6.45) is 2.74. The number of carbonyl (C=O) groups excluding carboxylic acids is 3. The molecule has 0 spiro atoms. The number of anilines is 2. The van der Waals surface area contributed by atoms with Crippen molar-refractivity contribution in [2.75, 3.05) is 17.2 Å². The van der Waals surface area contributed by atoms with Crippen LogP contribution in [0.15, 0.2) is 24.3 Å². The predicted molar refractivity (Wildman–Crippen MR) is 109 cm³/mol. The second-order valence-electron chi connectivity index (χ2n) is 6.80. The molecule has 1 aliphatic carbocycles. The van der Waals surface area contributed by atoms with E-state index in [1.165, 1.54) is 11.3 Å². The van der Waals surface area contributed by atoms with Gasteiger partial charge in [-0.25, -0.2) is 9.59 Å². The maximum atomic E-state index is 12.4. The van der Waals surface area contributed by atoms with Crippen molar-refractivity contribution in [3.63, 3.8) is 0 Å². The normalized spacial score (nSPS) is 15.4. The molecular weight excluding hydrogens is 378 g/mol. The second kappa shape index (κ2) is 8.43. The van der Waals surface area contributed by atoms with Gasteiger partial charge in [0.2, 0.25) is 0 Å². The maximum Gasteiger partial charge on any atom is 0.338 e. The quantitative estimate of drug-likeness (QED) is 0.662. The van der Waals surface area contributed by atoms with Crippen LogP contribution in [0.4, 0.5) is 15.5 Å². The molecule has 0 fully saturated rings. The highest BCUT2D eigenvalue weighted by Gasteiger charge is 2.27. The fourth-order valence-corrected chi connectivity index (χ4v) is 4.52. The molecule has 4 N–H and O–H groups in total. The Bertz CT molecular complexity index is 905. The van der Waals surface area contributed by atoms with E-state index in [1.54, 1.807) is 31.2 Å². The third-order valence-corrected chi connectivity index (χ3v) is 5.84. The second-order valence-corrected chi connectivity index (χ2v) is 7.90. The summed E-state index contributed by atoms with van der Waals surface area (Å²) in [6.45, 7) is 4.18. The Kier molecular flexibility index (Phi) is 5.99. The maximum absolute atomic E-state index is 12.4. The lowest BCUT2D eigenvalue weighted by Gasteiger charge is -2.18. The van der Waals surface area contributed by atoms with Gasteiger partial charge < -0.3 is 15.8 Å². The van der Waals surface area contributed by atoms with E-state index in [-0.39, 0.29) is 0 Å². The molecule has 1 unspecified atom stereocenters. The summed E-state index contributed by atoms with van der Waals surface area (Å²) < 4.78 is 4.93. The van der Waals surface area contributed by atoms with Crippen LogP contribution in [0.5, 0.6) is 0 Å². The molecule has 0 bridgehead atoms. The highest BCUT2D eigenvalue weighted by molar-refractivity contribution is 7.17. The summed E-state index contributed by atoms with van der Waals surface area (Å²) in [4.78, 5) is 37.2. The Hall–Kier alpha value is -2.87. The number of nitrogens with two attached hydrogens (primary N) is 1. The lowest BCUT2D eigenvalue weighted by molar-refractivity contribution is 0.0526. The number of hydrogen-bond acceptors (Lipinski definition) is 5. The monoisotopic (exact) mass is 401 g/mol. The average Bonchev–Trinajstić information content (AvgIpc) is 2.99. The van der Waals surface area contributed by atoms with E-state index in [2.05, 4.69) is 17.6 Å². The van der Waals surface area contributed by atoms with Crippen LogP contribution < -0.4 is 16.4 Å². The highest BCUT2D eigenvalue weighted by atomic mass is 32.1. The summed E-state index contributed by atoms with van der Waals surface area (Å²) >= 11 is 1.41. The number of primary amides is 1. The zero-order valence-electron chi connectivity index (χ0n) is 15.8. The van der Waals surface area contributed by atoms with Gasteiger partial charge in [-0.15, -0.1) is 11.3 Å². The molecule has 7 nitrogen and oxygen atoms in total. The highest BCUT2D eigenvalue weighted by Crippen LogP contribution is 2.39. The van der Waals surface area contributed by atoms with Crippen molar-refractivity contribution < 1.29 is 19.1 Å². The number of rotatable bonds is 5. The number of fused-ring (bicyclic) bond motifs is 1. The fraction of sp³-hybridized carbons (Fsp3) is 0.350. The van der Waals surface area contributed by atoms with Crippen LogP contribution in [0.25, 0.3) is 0 Å². The minimum Gasteiger partial charge on any atom is -0.462 e. The first-order valence-electron chi connectivity index (χ1n) is 9.18. The molecule has 28 heavy (non-hydrogen) atoms. The Morgan fingerprint density at radius 1 is 1.21 bits per heavy atom. The van der Waals surface area contributed by atoms with Gasteiger partial charge in [0, 0.05) is 10.6 Å². The lowest BCUT2D eigenvalue weighted by Crippen LogP contribution is -2.22. The lowest BCUT2D eigenvalue weighted by atomic mass is 9.87. The predicted octanol–water partition coefficient (Wildman–Crippen LogP) is 3.79. The Morgan fingerprint density at radius 2 is 1.93 bits per heavy atom. The molecule has 1 aromatic carbocycles. The number of nitrogens with one attached hydrogen (secondary N) is 2. The first kappa shape index (κ1) is 19.9. The van der Waals surface area contributed by atoms with Crippen LogP contribution in [-0.4, -0.2) is 24.5 Å². The number of aryl methyl sites for hydroxylation is 1. The van der Waals surface area contributed by atoms with Gasteiger partial charge in [0.1, 0.15) is 5.00 Å². The van der Waals surface area contributed by atoms with Gasteiger partial charge in [0.25, 0.3) is 5.91 Å². The third kappa shape index (κ3) is 4.33. The van der Waals surface area contributed by atoms with Crippen molar-refractivity contribution in [2.45, 2.75) is 33.1 Å². The molecule has 0 saturated heterocycles. The molecule has 0 radical (unpaired) electrons. The average molecular weight is 401 g/mol. The van der Waals surface area contributed by atoms with Crippen LogP contribution in [-0.2, 0) is 17.6 Å². The van der Waals surface area contributed by atoms with Gasteiger partial charge in [-0.1, -0.05) is 6.92 Å². The standard InChI is InChI=1S/C20H23N3O4S/c1-3-27-19(25)12-5-7-13(8-6-12)22-20(26)23-18-16(17(21)24)14-10-11(2)4-9-15(14)28-18/h5-8,11H,3-4,9-10H2,1-2H3,(H2,21,24)(H2,22,23,26). The van der Waals surface area contributed by atoms with E-state index < -0.39 is 17.9 Å². The summed E-state index contributed by atoms with van der Waals surface area (Å²) in [7, 11) is 0. The van der Waals surface area contributed by atoms with E-state index >= 15 is 0 Å². The van der Waals surface area contributed by atoms with Crippen molar-refractivity contribution in [1.29, 1.82) is 0 Å². The van der Waals surface area contributed by atoms with Crippen LogP contribution in [0, 0.1) is 5.92 Å². The van der Waals surface area contributed by atoms with E-state index in [0.717, 1.165) is 29.7 Å². The zero-order valence-corrected chi connectivity index (χ0v) is 16.7. The Morgan fingerprint density at radius 3 is 2.57 bits per heavy atom. The van der Waals surface area contributed by atoms with Gasteiger partial charge in [0.15, 0.2) is 0 Å². The Balaban J connectivity index is 1.71. The van der Waals surface area contributed by atoms with Crippen LogP contribution in [0.1, 0.15) is 51.4 Å². The van der Waals surface area contributed by atoms with Crippen LogP contribution >= 0.6 is 11.3 Å². The summed E-state index contributed by atoms with van der Waals surface area (Å²) in [6, 6.07) is 5.91. The van der Waals surface area contributed by atoms with Crippen molar-refractivity contribution in [3.05, 3.63) is 45.8 Å². The summed E-state index contributed by atoms with van der Waals surface area (Å²) in [5, 5.41) is 5.92. The molecule has 2 aromatic rings. The number of thiophene rings is 1. The SMILES string of the molecule is CCOC(=O)c1ccc(NC(=O)Nc2sc3c(c2C(N)=O)CC(C)CC3)cc1. The molecule has 1 aliphatic rings. The van der Waals surface area contributed by atoms with Crippen molar-refractivity contribution >= 4 is 39.9 Å². The number of urea groups is 1. The molecule has 1 aromatic heterocycles. The van der Waals surface area contributed by atoms with E-state index in [1.807, 2.05) is 0 Å². The van der Waals surface area contributed by atoms with Gasteiger partial charge in [-0.3, -0.25) is 10.1 Å². The Labute approximate surface area is 167 Å². The largest absolute Gasteiger partial charge is 0.462 e. The molecule has 3 rings (SSSR count). The van der Waals surface area contributed by atoms with Gasteiger partial charge in [0.05, 0.1) is 17.7 Å². The van der Waals surface area contributed by atoms with E-state index in [4.69, 9.17) is 10.5 Å². The molecule has 0 aliphatic heterocycles. The molecule has 0 saturated carbocycles. The van der Waals surface area contributed by atoms with Gasteiger partial charge >= 0.3 is 12.0 Å². The molecule has 148 valence electrons. The number of benzene rings is 1. The molecule has 1 heterocycles. The smallest absolute Gasteiger partial charge is 0.338 e. The van der Waals surface area contributed by atoms with E-state index in [9.17, 15) is 14.4 Å². The third-order valence-electron chi connectivity index (χ3n) is 4.63. The molecular formula is C20H23N3O4S. The number of hydrogen-bond donors (Lipinski definition) is 3. The number of amides is 3. The first-order chi connectivity index (χ1) is 13.4. The first-order valence-corrected chi connectivity index (χ1v) is 10.00. The van der Waals surface area contributed by atoms with Crippen LogP contribution in [0.2, 0.25) is 0 Å². The summed E-state index contributed by atoms with van der Waals surface area (Å²) in [5.41, 5.74) is 7.88. The van der Waals surface area contributed by atoms with Gasteiger partial charge in [-0.2, -0.15) is 0 Å². The zero-order chi connectivity index (χ0) is 20.3. The van der Waals surface area contributed by atoms with Crippen molar-refractivity contribution in [2.24, 2.45) is 11.7 Å². The fourth-order valence-electron chi connectivity index (χ4n) is 3.28. The molecule has 8 heteroatoms. The van der Waals surface area contributed by atoms with Gasteiger partial charge in [-0.05, 0) is 61.9 Å². The molecule has 3 amide bonds. The van der Waals surface area contributed by atoms with Crippen molar-refractivity contribution in [3.8, 4) is 0 Å². The minimum atomic E-state index is -0.527. The van der Waals surface area contributed by atoms with E-state index in [0.29, 0.717) is 34.3 Å². The minimum absolute atomic E-state index is 0.299. The molecule has 1 atom stereocenters. The number of ether oxygens (including phenoxy) is 1. The topological polar surface area (TPSA) is 111 Å². The van der Waals surface area contributed by atoms with Crippen LogP contribution in [0.3, 0.4) is 0 Å². The number of esters is 1. The van der Waals surface area contributed by atoms with Crippen molar-refractivity contribution in [1.82, 2.24) is 0 Å². The number of carbonyl (C=O) groups is 3. The summed E-state index contributed by atoms with van der Waals surface area (Å²) in [5.74, 6) is -0.455.